The smallest absolute Gasteiger partial charge is 0.109 e. The lowest BCUT2D eigenvalue weighted by molar-refractivity contribution is -0.913. The summed E-state index contributed by atoms with van der Waals surface area (Å²) in [5, 5.41) is 17.4. The van der Waals surface area contributed by atoms with Crippen molar-refractivity contribution in [1.82, 2.24) is 0 Å². The predicted molar refractivity (Wildman–Crippen MR) is 40.6 cm³/mol. The summed E-state index contributed by atoms with van der Waals surface area (Å²) in [7, 11) is 3.99. The Hall–Kier alpha value is 0.170. The molecule has 0 heterocycles. The van der Waals surface area contributed by atoms with Crippen LogP contribution in [0.4, 0.5) is 0 Å². The molecule has 0 rings (SSSR count). The van der Waals surface area contributed by atoms with Crippen molar-refractivity contribution < 1.29 is 27.1 Å². The predicted octanol–water partition coefficient (Wildman–Crippen LogP) is -3.56. The topological polar surface area (TPSA) is 40.5 Å². The van der Waals surface area contributed by atoms with E-state index >= 15 is 0 Å². The molecule has 0 bridgehead atoms. The lowest BCUT2D eigenvalue weighted by atomic mass is 10.2. The molecule has 0 radical (unpaired) electrons. The van der Waals surface area contributed by atoms with Crippen LogP contribution < -0.4 is 12.4 Å². The lowest BCUT2D eigenvalue weighted by Crippen LogP contribution is -3.00. The molecule has 0 aliphatic heterocycles. The fourth-order valence-electron chi connectivity index (χ4n) is 0.699. The monoisotopic (exact) mass is 183 g/mol. The molecule has 2 N–H and O–H groups in total. The fraction of sp³-hybridized carbons (Fsp3) is 1.00. The van der Waals surface area contributed by atoms with E-state index in [1.165, 1.54) is 0 Å². The highest BCUT2D eigenvalue weighted by atomic mass is 35.5. The van der Waals surface area contributed by atoms with Crippen molar-refractivity contribution in [2.24, 2.45) is 0 Å². The van der Waals surface area contributed by atoms with E-state index in [2.05, 4.69) is 0 Å². The SMILES string of the molecule is CC(CO)[N+](C)(C)CCO.[Cl-]. The quantitative estimate of drug-likeness (QED) is 0.443. The minimum absolute atomic E-state index is 0. The van der Waals surface area contributed by atoms with E-state index in [1.807, 2.05) is 21.0 Å². The van der Waals surface area contributed by atoms with E-state index in [9.17, 15) is 0 Å². The van der Waals surface area contributed by atoms with Crippen molar-refractivity contribution in [3.05, 3.63) is 0 Å². The van der Waals surface area contributed by atoms with Gasteiger partial charge < -0.3 is 27.1 Å². The minimum atomic E-state index is 0. The number of aliphatic hydroxyl groups excluding tert-OH is 2. The maximum Gasteiger partial charge on any atom is 0.109 e. The van der Waals surface area contributed by atoms with Gasteiger partial charge >= 0.3 is 0 Å². The average molecular weight is 184 g/mol. The summed E-state index contributed by atoms with van der Waals surface area (Å²) >= 11 is 0. The molecule has 0 aromatic carbocycles. The Morgan fingerprint density at radius 2 is 1.73 bits per heavy atom. The van der Waals surface area contributed by atoms with Gasteiger partial charge in [-0.05, 0) is 6.92 Å². The van der Waals surface area contributed by atoms with Crippen LogP contribution in [0.5, 0.6) is 0 Å². The molecule has 4 heteroatoms. The van der Waals surface area contributed by atoms with Gasteiger partial charge in [0.1, 0.15) is 12.6 Å². The van der Waals surface area contributed by atoms with E-state index in [1.54, 1.807) is 0 Å². The number of aliphatic hydroxyl groups is 2. The maximum atomic E-state index is 8.80. The highest BCUT2D eigenvalue weighted by Gasteiger charge is 2.21. The van der Waals surface area contributed by atoms with Gasteiger partial charge in [-0.2, -0.15) is 0 Å². The van der Waals surface area contributed by atoms with Gasteiger partial charge in [0.05, 0.1) is 27.3 Å². The van der Waals surface area contributed by atoms with Crippen LogP contribution in [0, 0.1) is 0 Å². The summed E-state index contributed by atoms with van der Waals surface area (Å²) in [6, 6.07) is 0.201. The van der Waals surface area contributed by atoms with Crippen molar-refractivity contribution >= 4 is 0 Å². The molecule has 70 valence electrons. The fourth-order valence-corrected chi connectivity index (χ4v) is 0.699. The number of nitrogens with zero attached hydrogens (tertiary/aromatic N) is 1. The molecule has 0 saturated carbocycles. The van der Waals surface area contributed by atoms with Crippen LogP contribution in [0.3, 0.4) is 0 Å². The second-order valence-corrected chi connectivity index (χ2v) is 3.26. The molecule has 1 unspecified atom stereocenters. The molecule has 0 aromatic rings. The van der Waals surface area contributed by atoms with Gasteiger partial charge in [-0.25, -0.2) is 0 Å². The second-order valence-electron chi connectivity index (χ2n) is 3.26. The zero-order valence-corrected chi connectivity index (χ0v) is 8.17. The van der Waals surface area contributed by atoms with Gasteiger partial charge in [-0.1, -0.05) is 0 Å². The van der Waals surface area contributed by atoms with Crippen molar-refractivity contribution in [3.8, 4) is 0 Å². The van der Waals surface area contributed by atoms with Crippen LogP contribution >= 0.6 is 0 Å². The van der Waals surface area contributed by atoms with E-state index < -0.39 is 0 Å². The van der Waals surface area contributed by atoms with Crippen molar-refractivity contribution in [2.45, 2.75) is 13.0 Å². The van der Waals surface area contributed by atoms with Crippen LogP contribution in [-0.4, -0.2) is 54.6 Å². The molecule has 0 aliphatic carbocycles. The Balaban J connectivity index is 0. The highest BCUT2D eigenvalue weighted by molar-refractivity contribution is 4.45. The molecular formula is C7H18ClNO2. The van der Waals surface area contributed by atoms with Crippen LogP contribution in [0.25, 0.3) is 0 Å². The van der Waals surface area contributed by atoms with Gasteiger partial charge in [-0.15, -0.1) is 0 Å². The molecule has 0 spiro atoms. The minimum Gasteiger partial charge on any atom is -1.00 e. The number of likely N-dealkylation sites (N-methyl/N-ethyl adjacent to an activating group) is 1. The zero-order chi connectivity index (χ0) is 8.20. The first kappa shape index (κ1) is 13.7. The summed E-state index contributed by atoms with van der Waals surface area (Å²) in [6.45, 7) is 3.02. The Morgan fingerprint density at radius 1 is 1.27 bits per heavy atom. The van der Waals surface area contributed by atoms with E-state index in [4.69, 9.17) is 10.2 Å². The lowest BCUT2D eigenvalue weighted by Gasteiger charge is -2.34. The number of quaternary nitrogens is 1. The molecule has 0 aliphatic rings. The molecule has 0 amide bonds. The Labute approximate surface area is 74.6 Å². The number of rotatable bonds is 4. The number of halogens is 1. The first-order valence-corrected chi connectivity index (χ1v) is 3.59. The average Bonchev–Trinajstić information content (AvgIpc) is 1.86. The van der Waals surface area contributed by atoms with E-state index in [0.29, 0.717) is 11.0 Å². The Kier molecular flexibility index (Phi) is 7.21. The summed E-state index contributed by atoms with van der Waals surface area (Å²) in [5.41, 5.74) is 0. The third kappa shape index (κ3) is 4.58. The van der Waals surface area contributed by atoms with E-state index in [-0.39, 0.29) is 31.7 Å². The first-order chi connectivity index (χ1) is 4.54. The molecule has 11 heavy (non-hydrogen) atoms. The highest BCUT2D eigenvalue weighted by Crippen LogP contribution is 2.03. The van der Waals surface area contributed by atoms with Crippen molar-refractivity contribution in [2.75, 3.05) is 33.9 Å². The summed E-state index contributed by atoms with van der Waals surface area (Å²) in [6.07, 6.45) is 0. The van der Waals surface area contributed by atoms with Crippen LogP contribution in [0.15, 0.2) is 0 Å². The Morgan fingerprint density at radius 3 is 2.00 bits per heavy atom. The van der Waals surface area contributed by atoms with Crippen LogP contribution in [-0.2, 0) is 0 Å². The van der Waals surface area contributed by atoms with Gasteiger partial charge in [0.25, 0.3) is 0 Å². The summed E-state index contributed by atoms with van der Waals surface area (Å²) < 4.78 is 0.674. The third-order valence-corrected chi connectivity index (χ3v) is 2.13. The molecule has 1 atom stereocenters. The third-order valence-electron chi connectivity index (χ3n) is 2.13. The van der Waals surface area contributed by atoms with E-state index in [0.717, 1.165) is 0 Å². The van der Waals surface area contributed by atoms with Crippen LogP contribution in [0.1, 0.15) is 6.92 Å². The first-order valence-electron chi connectivity index (χ1n) is 3.59. The zero-order valence-electron chi connectivity index (χ0n) is 7.42. The molecular weight excluding hydrogens is 166 g/mol. The largest absolute Gasteiger partial charge is 1.00 e. The van der Waals surface area contributed by atoms with Gasteiger partial charge in [0, 0.05) is 0 Å². The standard InChI is InChI=1S/C7H18NO2.ClH/c1-7(6-10)8(2,3)4-5-9;/h7,9-10H,4-6H2,1-3H3;1H/q+1;/p-1. The van der Waals surface area contributed by atoms with Crippen molar-refractivity contribution in [1.29, 1.82) is 0 Å². The van der Waals surface area contributed by atoms with Gasteiger partial charge in [-0.3, -0.25) is 0 Å². The second kappa shape index (κ2) is 5.77. The molecule has 0 fully saturated rings. The van der Waals surface area contributed by atoms with Crippen LogP contribution in [0.2, 0.25) is 0 Å². The Bertz CT molecular complexity index is 98.4. The summed E-state index contributed by atoms with van der Waals surface area (Å²) in [4.78, 5) is 0. The molecule has 3 nitrogen and oxygen atoms in total. The van der Waals surface area contributed by atoms with Crippen molar-refractivity contribution in [3.63, 3.8) is 0 Å². The van der Waals surface area contributed by atoms with Gasteiger partial charge in [0.2, 0.25) is 0 Å². The summed E-state index contributed by atoms with van der Waals surface area (Å²) in [5.74, 6) is 0. The number of hydrogen-bond donors (Lipinski definition) is 2. The maximum absolute atomic E-state index is 8.80. The van der Waals surface area contributed by atoms with Gasteiger partial charge in [0.15, 0.2) is 0 Å². The normalized spacial score (nSPS) is 13.9. The molecule has 0 aromatic heterocycles. The number of hydrogen-bond acceptors (Lipinski definition) is 2. The molecule has 0 saturated heterocycles.